The average molecular weight is 279 g/mol. The lowest BCUT2D eigenvalue weighted by atomic mass is 10.0. The molecule has 1 aliphatic rings. The van der Waals surface area contributed by atoms with Crippen LogP contribution < -0.4 is 0 Å². The van der Waals surface area contributed by atoms with E-state index in [2.05, 4.69) is 0 Å². The van der Waals surface area contributed by atoms with Gasteiger partial charge in [0.15, 0.2) is 6.23 Å². The first kappa shape index (κ1) is 16.8. The number of aliphatic hydroxyl groups is 3. The van der Waals surface area contributed by atoms with Crippen molar-refractivity contribution in [2.24, 2.45) is 5.92 Å². The minimum absolute atomic E-state index is 0.136. The van der Waals surface area contributed by atoms with Crippen molar-refractivity contribution in [2.75, 3.05) is 6.61 Å². The average Bonchev–Trinajstić information content (AvgIpc) is 2.64. The van der Waals surface area contributed by atoms with Gasteiger partial charge in [0.05, 0.1) is 6.10 Å². The molecule has 0 radical (unpaired) electrons. The summed E-state index contributed by atoms with van der Waals surface area (Å²) in [6.45, 7) is 4.10. The second kappa shape index (κ2) is 8.11. The third kappa shape index (κ3) is 4.96. The van der Waals surface area contributed by atoms with Crippen LogP contribution in [-0.2, 0) is 9.47 Å². The molecule has 1 aliphatic heterocycles. The molecular weight excluding hydrogens is 254 g/mol. The second-order valence-corrected chi connectivity index (χ2v) is 5.01. The van der Waals surface area contributed by atoms with Gasteiger partial charge < -0.3 is 30.0 Å². The van der Waals surface area contributed by atoms with E-state index in [9.17, 15) is 15.4 Å². The van der Waals surface area contributed by atoms with Crippen LogP contribution in [0.5, 0.6) is 0 Å². The van der Waals surface area contributed by atoms with Gasteiger partial charge in [0.25, 0.3) is 0 Å². The zero-order valence-electron chi connectivity index (χ0n) is 11.5. The van der Waals surface area contributed by atoms with Gasteiger partial charge in [-0.2, -0.15) is 0 Å². The number of hydroxylamine groups is 2. The molecule has 114 valence electrons. The molecule has 1 unspecified atom stereocenters. The lowest BCUT2D eigenvalue weighted by Crippen LogP contribution is -2.38. The highest BCUT2D eigenvalue weighted by Gasteiger charge is 2.41. The minimum Gasteiger partial charge on any atom is -0.396 e. The monoisotopic (exact) mass is 279 g/mol. The molecule has 7 nitrogen and oxygen atoms in total. The van der Waals surface area contributed by atoms with E-state index in [1.807, 2.05) is 13.8 Å². The molecule has 0 aromatic rings. The molecule has 0 aromatic heterocycles. The molecule has 7 heteroatoms. The Labute approximate surface area is 113 Å². The first-order chi connectivity index (χ1) is 8.99. The number of hydrogen-bond acceptors (Lipinski definition) is 7. The molecule has 0 aliphatic carbocycles. The maximum Gasteiger partial charge on any atom is 0.246 e. The van der Waals surface area contributed by atoms with Gasteiger partial charge in [-0.15, -0.1) is 5.06 Å². The van der Waals surface area contributed by atoms with Crippen LogP contribution in [0.15, 0.2) is 0 Å². The first-order valence-corrected chi connectivity index (χ1v) is 6.74. The number of ether oxygens (including phenoxy) is 2. The summed E-state index contributed by atoms with van der Waals surface area (Å²) in [6.07, 6.45) is -0.958. The molecule has 0 saturated carbocycles. The third-order valence-corrected chi connectivity index (χ3v) is 3.30. The topological polar surface area (TPSA) is 103 Å². The number of rotatable bonds is 8. The van der Waals surface area contributed by atoms with Crippen molar-refractivity contribution in [2.45, 2.75) is 64.6 Å². The van der Waals surface area contributed by atoms with Crippen LogP contribution in [0, 0.1) is 5.92 Å². The molecule has 0 bridgehead atoms. The third-order valence-electron chi connectivity index (χ3n) is 3.30. The summed E-state index contributed by atoms with van der Waals surface area (Å²) in [4.78, 5) is 0. The van der Waals surface area contributed by atoms with Crippen molar-refractivity contribution < 1.29 is 30.0 Å². The Kier molecular flexibility index (Phi) is 7.16. The molecule has 1 heterocycles. The predicted molar refractivity (Wildman–Crippen MR) is 65.8 cm³/mol. The van der Waals surface area contributed by atoms with E-state index < -0.39 is 18.9 Å². The van der Waals surface area contributed by atoms with Crippen molar-refractivity contribution in [1.29, 1.82) is 0 Å². The molecular formula is C12H25NO6. The summed E-state index contributed by atoms with van der Waals surface area (Å²) in [5.41, 5.74) is 0. The lowest BCUT2D eigenvalue weighted by Gasteiger charge is -2.23. The maximum atomic E-state index is 9.46. The van der Waals surface area contributed by atoms with Gasteiger partial charge in [-0.3, -0.25) is 0 Å². The highest BCUT2D eigenvalue weighted by atomic mass is 16.8. The molecule has 4 N–H and O–H groups in total. The van der Waals surface area contributed by atoms with E-state index in [0.717, 1.165) is 25.7 Å². The van der Waals surface area contributed by atoms with E-state index in [4.69, 9.17) is 14.6 Å². The molecule has 1 rings (SSSR count). The Morgan fingerprint density at radius 2 is 2.00 bits per heavy atom. The van der Waals surface area contributed by atoms with Crippen molar-refractivity contribution in [3.05, 3.63) is 0 Å². The molecule has 5 atom stereocenters. The van der Waals surface area contributed by atoms with Crippen molar-refractivity contribution in [3.8, 4) is 0 Å². The van der Waals surface area contributed by atoms with Crippen molar-refractivity contribution in [1.82, 2.24) is 5.06 Å². The van der Waals surface area contributed by atoms with Gasteiger partial charge in [0.2, 0.25) is 12.7 Å². The Bertz CT molecular complexity index is 254. The Hall–Kier alpha value is -0.280. The fraction of sp³-hybridized carbons (Fsp3) is 1.00. The van der Waals surface area contributed by atoms with E-state index in [0.29, 0.717) is 5.06 Å². The standard InChI is InChI=1S/C12H25NO6/c1-3-9(6-4-5-8(2)7-14)18-12-13(17)10(15)11(16)19-12/h8-12,14-17H,3-7H2,1-2H3/t8?,9-,10+,11-,12-/m1/s1. The SMILES string of the molecule is CC[C@H](CCCC(C)CO)O[C@@H]1O[C@@H](O)[C@H](O)N1O. The summed E-state index contributed by atoms with van der Waals surface area (Å²) in [7, 11) is 0. The van der Waals surface area contributed by atoms with Crippen LogP contribution in [0.2, 0.25) is 0 Å². The highest BCUT2D eigenvalue weighted by molar-refractivity contribution is 4.66. The minimum atomic E-state index is -1.49. The van der Waals surface area contributed by atoms with Gasteiger partial charge >= 0.3 is 0 Å². The molecule has 19 heavy (non-hydrogen) atoms. The largest absolute Gasteiger partial charge is 0.396 e. The summed E-state index contributed by atoms with van der Waals surface area (Å²) in [5.74, 6) is 0.262. The molecule has 0 aromatic carbocycles. The number of nitrogens with zero attached hydrogens (tertiary/aromatic N) is 1. The number of hydrogen-bond donors (Lipinski definition) is 4. The fourth-order valence-corrected chi connectivity index (χ4v) is 1.92. The van der Waals surface area contributed by atoms with E-state index in [1.54, 1.807) is 0 Å². The van der Waals surface area contributed by atoms with Gasteiger partial charge in [0, 0.05) is 6.61 Å². The zero-order chi connectivity index (χ0) is 14.4. The van der Waals surface area contributed by atoms with Crippen LogP contribution in [-0.4, -0.2) is 57.2 Å². The normalized spacial score (nSPS) is 31.6. The summed E-state index contributed by atoms with van der Waals surface area (Å²) in [6, 6.07) is 0. The Balaban J connectivity index is 2.32. The quantitative estimate of drug-likeness (QED) is 0.504. The maximum absolute atomic E-state index is 9.46. The molecule has 1 saturated heterocycles. The van der Waals surface area contributed by atoms with Gasteiger partial charge in [0.1, 0.15) is 0 Å². The van der Waals surface area contributed by atoms with Gasteiger partial charge in [-0.05, 0) is 25.2 Å². The summed E-state index contributed by atoms with van der Waals surface area (Å²) < 4.78 is 10.4. The van der Waals surface area contributed by atoms with Gasteiger partial charge in [-0.1, -0.05) is 20.3 Å². The first-order valence-electron chi connectivity index (χ1n) is 6.74. The van der Waals surface area contributed by atoms with Crippen molar-refractivity contribution >= 4 is 0 Å². The van der Waals surface area contributed by atoms with Crippen LogP contribution in [0.3, 0.4) is 0 Å². The molecule has 1 fully saturated rings. The Morgan fingerprint density at radius 3 is 2.47 bits per heavy atom. The molecule has 0 amide bonds. The van der Waals surface area contributed by atoms with Crippen LogP contribution >= 0.6 is 0 Å². The van der Waals surface area contributed by atoms with Crippen LogP contribution in [0.4, 0.5) is 0 Å². The highest BCUT2D eigenvalue weighted by Crippen LogP contribution is 2.22. The second-order valence-electron chi connectivity index (χ2n) is 5.01. The predicted octanol–water partition coefficient (Wildman–Crippen LogP) is 0.222. The summed E-state index contributed by atoms with van der Waals surface area (Å²) in [5, 5.41) is 37.4. The lowest BCUT2D eigenvalue weighted by molar-refractivity contribution is -0.310. The fourth-order valence-electron chi connectivity index (χ4n) is 1.92. The van der Waals surface area contributed by atoms with Gasteiger partial charge in [-0.25, -0.2) is 0 Å². The Morgan fingerprint density at radius 1 is 1.32 bits per heavy atom. The number of aliphatic hydroxyl groups excluding tert-OH is 3. The van der Waals surface area contributed by atoms with Crippen molar-refractivity contribution in [3.63, 3.8) is 0 Å². The van der Waals surface area contributed by atoms with Crippen LogP contribution in [0.25, 0.3) is 0 Å². The van der Waals surface area contributed by atoms with E-state index in [-0.39, 0.29) is 18.6 Å². The van der Waals surface area contributed by atoms with E-state index in [1.165, 1.54) is 0 Å². The smallest absolute Gasteiger partial charge is 0.246 e. The molecule has 0 spiro atoms. The van der Waals surface area contributed by atoms with E-state index >= 15 is 0 Å². The zero-order valence-corrected chi connectivity index (χ0v) is 11.5. The summed E-state index contributed by atoms with van der Waals surface area (Å²) >= 11 is 0. The van der Waals surface area contributed by atoms with Crippen LogP contribution in [0.1, 0.15) is 39.5 Å².